The molecule has 0 unspecified atom stereocenters. The van der Waals surface area contributed by atoms with E-state index in [4.69, 9.17) is 9.47 Å². The minimum atomic E-state index is -0.690. The molecule has 0 saturated heterocycles. The van der Waals surface area contributed by atoms with Crippen molar-refractivity contribution in [2.45, 2.75) is 6.42 Å². The summed E-state index contributed by atoms with van der Waals surface area (Å²) in [5.74, 6) is -0.511. The first-order valence-corrected chi connectivity index (χ1v) is 10.9. The monoisotopic (exact) mass is 483 g/mol. The number of hydrogen-bond acceptors (Lipinski definition) is 7. The van der Waals surface area contributed by atoms with Gasteiger partial charge in [0, 0.05) is 12.1 Å². The molecule has 1 amide bonds. The third kappa shape index (κ3) is 5.71. The molecule has 0 aromatic heterocycles. The van der Waals surface area contributed by atoms with Crippen LogP contribution in [0.5, 0.6) is 11.5 Å². The Morgan fingerprint density at radius 2 is 1.72 bits per heavy atom. The Labute approximate surface area is 206 Å². The molecule has 0 aliphatic rings. The zero-order valence-corrected chi connectivity index (χ0v) is 19.2. The van der Waals surface area contributed by atoms with Gasteiger partial charge in [0.1, 0.15) is 0 Å². The van der Waals surface area contributed by atoms with Crippen LogP contribution in [0.25, 0.3) is 10.8 Å². The third-order valence-electron chi connectivity index (χ3n) is 5.34. The van der Waals surface area contributed by atoms with Gasteiger partial charge in [0.25, 0.3) is 5.69 Å². The van der Waals surface area contributed by atoms with Gasteiger partial charge >= 0.3 is 5.97 Å². The summed E-state index contributed by atoms with van der Waals surface area (Å²) in [7, 11) is 1.42. The minimum Gasteiger partial charge on any atom is -0.493 e. The first-order valence-electron chi connectivity index (χ1n) is 10.9. The smallest absolute Gasteiger partial charge is 0.343 e. The van der Waals surface area contributed by atoms with Crippen molar-refractivity contribution in [3.63, 3.8) is 0 Å². The van der Waals surface area contributed by atoms with Crippen molar-refractivity contribution in [2.24, 2.45) is 5.10 Å². The molecule has 9 heteroatoms. The SMILES string of the molecule is COc1cc(/C=N\NC(=O)Cc2cccc3ccccc23)ccc1OC(=O)c1ccc([N+](=O)[O-])cc1. The number of nitro groups is 1. The van der Waals surface area contributed by atoms with Crippen LogP contribution in [0.4, 0.5) is 5.69 Å². The standard InChI is InChI=1S/C27H21N3O6/c1-35-25-15-18(9-14-24(25)36-27(32)20-10-12-22(13-11-20)30(33)34)17-28-29-26(31)16-21-7-4-6-19-5-2-3-8-23(19)21/h2-15,17H,16H2,1H3,(H,29,31)/b28-17-. The summed E-state index contributed by atoms with van der Waals surface area (Å²) in [5.41, 5.74) is 4.05. The number of amides is 1. The maximum atomic E-state index is 12.4. The van der Waals surface area contributed by atoms with E-state index < -0.39 is 10.9 Å². The number of carbonyl (C=O) groups is 2. The number of hydrogen-bond donors (Lipinski definition) is 1. The van der Waals surface area contributed by atoms with Crippen LogP contribution in [0.1, 0.15) is 21.5 Å². The summed E-state index contributed by atoms with van der Waals surface area (Å²) < 4.78 is 10.7. The fourth-order valence-electron chi connectivity index (χ4n) is 3.56. The Bertz CT molecular complexity index is 1460. The Hall–Kier alpha value is -5.05. The molecule has 0 heterocycles. The fraction of sp³-hybridized carbons (Fsp3) is 0.0741. The predicted octanol–water partition coefficient (Wildman–Crippen LogP) is 4.67. The number of rotatable bonds is 8. The molecular formula is C27H21N3O6. The molecular weight excluding hydrogens is 462 g/mol. The van der Waals surface area contributed by atoms with Crippen LogP contribution < -0.4 is 14.9 Å². The van der Waals surface area contributed by atoms with E-state index in [-0.39, 0.29) is 35.1 Å². The molecule has 180 valence electrons. The van der Waals surface area contributed by atoms with Gasteiger partial charge < -0.3 is 9.47 Å². The van der Waals surface area contributed by atoms with Crippen LogP contribution in [0.2, 0.25) is 0 Å². The van der Waals surface area contributed by atoms with Gasteiger partial charge in [-0.05, 0) is 52.2 Å². The number of non-ortho nitro benzene ring substituents is 1. The third-order valence-corrected chi connectivity index (χ3v) is 5.34. The molecule has 0 fully saturated rings. The van der Waals surface area contributed by atoms with Gasteiger partial charge in [-0.2, -0.15) is 5.10 Å². The average molecular weight is 483 g/mol. The van der Waals surface area contributed by atoms with E-state index in [1.807, 2.05) is 42.5 Å². The van der Waals surface area contributed by atoms with E-state index in [1.165, 1.54) is 43.7 Å². The van der Waals surface area contributed by atoms with Gasteiger partial charge in [0.15, 0.2) is 11.5 Å². The number of esters is 1. The van der Waals surface area contributed by atoms with Crippen molar-refractivity contribution in [3.05, 3.63) is 112 Å². The molecule has 0 atom stereocenters. The summed E-state index contributed by atoms with van der Waals surface area (Å²) in [6, 6.07) is 23.5. The summed E-state index contributed by atoms with van der Waals surface area (Å²) in [4.78, 5) is 35.0. The largest absolute Gasteiger partial charge is 0.493 e. The Kier molecular flexibility index (Phi) is 7.30. The normalized spacial score (nSPS) is 10.8. The molecule has 0 aliphatic carbocycles. The molecule has 36 heavy (non-hydrogen) atoms. The van der Waals surface area contributed by atoms with Crippen LogP contribution in [-0.2, 0) is 11.2 Å². The number of carbonyl (C=O) groups excluding carboxylic acids is 2. The van der Waals surface area contributed by atoms with Gasteiger partial charge in [-0.3, -0.25) is 14.9 Å². The number of methoxy groups -OCH3 is 1. The lowest BCUT2D eigenvalue weighted by molar-refractivity contribution is -0.384. The molecule has 1 N–H and O–H groups in total. The lowest BCUT2D eigenvalue weighted by atomic mass is 10.0. The van der Waals surface area contributed by atoms with Crippen molar-refractivity contribution in [1.82, 2.24) is 5.43 Å². The summed E-state index contributed by atoms with van der Waals surface area (Å²) in [6.45, 7) is 0. The molecule has 4 aromatic rings. The summed E-state index contributed by atoms with van der Waals surface area (Å²) >= 11 is 0. The Balaban J connectivity index is 1.39. The van der Waals surface area contributed by atoms with Gasteiger partial charge in [-0.25, -0.2) is 10.2 Å². The number of nitrogens with one attached hydrogen (secondary N) is 1. The van der Waals surface area contributed by atoms with Crippen LogP contribution in [0.3, 0.4) is 0 Å². The maximum Gasteiger partial charge on any atom is 0.343 e. The van der Waals surface area contributed by atoms with Gasteiger partial charge in [0.2, 0.25) is 5.91 Å². The maximum absolute atomic E-state index is 12.4. The topological polar surface area (TPSA) is 120 Å². The van der Waals surface area contributed by atoms with Gasteiger partial charge in [0.05, 0.1) is 30.2 Å². The quantitative estimate of drug-likeness (QED) is 0.128. The number of ether oxygens (including phenoxy) is 2. The number of hydrazone groups is 1. The second kappa shape index (κ2) is 10.9. The van der Waals surface area contributed by atoms with Crippen molar-refractivity contribution >= 4 is 34.6 Å². The summed E-state index contributed by atoms with van der Waals surface area (Å²) in [5, 5.41) is 16.9. The highest BCUT2D eigenvalue weighted by molar-refractivity contribution is 5.92. The highest BCUT2D eigenvalue weighted by Crippen LogP contribution is 2.28. The van der Waals surface area contributed by atoms with Crippen molar-refractivity contribution < 1.29 is 24.0 Å². The second-order valence-electron chi connectivity index (χ2n) is 7.71. The van der Waals surface area contributed by atoms with E-state index >= 15 is 0 Å². The van der Waals surface area contributed by atoms with Gasteiger partial charge in [-0.1, -0.05) is 42.5 Å². The molecule has 0 bridgehead atoms. The van der Waals surface area contributed by atoms with Crippen LogP contribution >= 0.6 is 0 Å². The molecule has 4 aromatic carbocycles. The van der Waals surface area contributed by atoms with Crippen LogP contribution in [0.15, 0.2) is 90.0 Å². The van der Waals surface area contributed by atoms with Crippen molar-refractivity contribution in [1.29, 1.82) is 0 Å². The van der Waals surface area contributed by atoms with Crippen LogP contribution in [0, 0.1) is 10.1 Å². The molecule has 9 nitrogen and oxygen atoms in total. The van der Waals surface area contributed by atoms with E-state index in [2.05, 4.69) is 10.5 Å². The van der Waals surface area contributed by atoms with Crippen molar-refractivity contribution in [2.75, 3.05) is 7.11 Å². The number of benzene rings is 4. The fourth-order valence-corrected chi connectivity index (χ4v) is 3.56. The second-order valence-corrected chi connectivity index (χ2v) is 7.71. The van der Waals surface area contributed by atoms with E-state index in [0.717, 1.165) is 16.3 Å². The Morgan fingerprint density at radius 3 is 2.47 bits per heavy atom. The van der Waals surface area contributed by atoms with Crippen molar-refractivity contribution in [3.8, 4) is 11.5 Å². The Morgan fingerprint density at radius 1 is 0.972 bits per heavy atom. The van der Waals surface area contributed by atoms with E-state index in [1.54, 1.807) is 12.1 Å². The predicted molar refractivity (Wildman–Crippen MR) is 134 cm³/mol. The van der Waals surface area contributed by atoms with E-state index in [0.29, 0.717) is 5.56 Å². The first-order chi connectivity index (χ1) is 17.4. The first kappa shape index (κ1) is 24.1. The molecule has 0 aliphatic heterocycles. The number of nitrogens with zero attached hydrogens (tertiary/aromatic N) is 2. The number of fused-ring (bicyclic) bond motifs is 1. The highest BCUT2D eigenvalue weighted by Gasteiger charge is 2.14. The zero-order chi connectivity index (χ0) is 25.5. The lowest BCUT2D eigenvalue weighted by Gasteiger charge is -2.10. The molecule has 0 saturated carbocycles. The molecule has 0 spiro atoms. The highest BCUT2D eigenvalue weighted by atomic mass is 16.6. The van der Waals surface area contributed by atoms with Crippen LogP contribution in [-0.4, -0.2) is 30.1 Å². The molecule has 0 radical (unpaired) electrons. The average Bonchev–Trinajstić information content (AvgIpc) is 2.89. The number of nitro benzene ring substituents is 1. The van der Waals surface area contributed by atoms with Gasteiger partial charge in [-0.15, -0.1) is 0 Å². The molecule has 4 rings (SSSR count). The summed E-state index contributed by atoms with van der Waals surface area (Å²) in [6.07, 6.45) is 1.63. The zero-order valence-electron chi connectivity index (χ0n) is 19.2. The minimum absolute atomic E-state index is 0.128. The lowest BCUT2D eigenvalue weighted by Crippen LogP contribution is -2.19. The van der Waals surface area contributed by atoms with E-state index in [9.17, 15) is 19.7 Å².